The van der Waals surface area contributed by atoms with Crippen LogP contribution in [0.2, 0.25) is 0 Å². The largest absolute Gasteiger partial charge is 0.305 e. The summed E-state index contributed by atoms with van der Waals surface area (Å²) in [7, 11) is -3.61. The molecule has 0 fully saturated rings. The number of hydrogen-bond acceptors (Lipinski definition) is 3. The summed E-state index contributed by atoms with van der Waals surface area (Å²) in [6, 6.07) is 20.6. The van der Waals surface area contributed by atoms with Gasteiger partial charge in [0, 0.05) is 33.8 Å². The molecule has 4 heteroatoms. The Morgan fingerprint density at radius 3 is 1.54 bits per heavy atom. The van der Waals surface area contributed by atoms with Crippen molar-refractivity contribution in [3.05, 3.63) is 94.5 Å². The van der Waals surface area contributed by atoms with Crippen molar-refractivity contribution in [1.82, 2.24) is 4.90 Å². The highest BCUT2D eigenvalue weighted by molar-refractivity contribution is 7.93. The molecule has 3 aromatic rings. The Hall–Kier alpha value is -2.48. The van der Waals surface area contributed by atoms with E-state index in [1.54, 1.807) is 0 Å². The average Bonchev–Trinajstić information content (AvgIpc) is 2.88. The first-order valence-electron chi connectivity index (χ1n) is 14.2. The number of carbonyl (C=O) groups is 1. The van der Waals surface area contributed by atoms with Crippen LogP contribution in [0.3, 0.4) is 0 Å². The minimum Gasteiger partial charge on any atom is -0.305 e. The van der Waals surface area contributed by atoms with Gasteiger partial charge in [0.15, 0.2) is 0 Å². The standard InChI is InChI=1S/C35H48NO2P/c1-24(2)34(8,9)36(35(10,11)25(3)4)23-31-26(5)22-27(6)32(28(31)7)33(37)39(38,29-18-14-12-15-19-29)30-20-16-13-17-21-30/h12-22,24-25H,23H2,1-11H3. The number of rotatable bonds is 10. The summed E-state index contributed by atoms with van der Waals surface area (Å²) in [5, 5.41) is 1.15. The third kappa shape index (κ3) is 5.72. The first-order chi connectivity index (χ1) is 18.1. The molecule has 0 saturated heterocycles. The lowest BCUT2D eigenvalue weighted by Crippen LogP contribution is -2.59. The normalized spacial score (nSPS) is 13.0. The summed E-state index contributed by atoms with van der Waals surface area (Å²) in [5.41, 5.74) is 4.29. The number of aryl methyl sites for hydroxylation is 2. The predicted molar refractivity (Wildman–Crippen MR) is 168 cm³/mol. The maximum absolute atomic E-state index is 15.0. The van der Waals surface area contributed by atoms with Gasteiger partial charge in [-0.25, -0.2) is 0 Å². The van der Waals surface area contributed by atoms with Gasteiger partial charge in [-0.05, 0) is 82.6 Å². The molecule has 0 saturated carbocycles. The second-order valence-electron chi connectivity index (χ2n) is 12.8. The zero-order chi connectivity index (χ0) is 29.3. The van der Waals surface area contributed by atoms with Crippen molar-refractivity contribution in [1.29, 1.82) is 0 Å². The average molecular weight is 546 g/mol. The molecule has 0 atom stereocenters. The molecule has 0 amide bonds. The molecule has 0 bridgehead atoms. The van der Waals surface area contributed by atoms with Gasteiger partial charge in [0.25, 0.3) is 0 Å². The third-order valence-electron chi connectivity index (χ3n) is 9.40. The van der Waals surface area contributed by atoms with E-state index in [1.807, 2.05) is 74.5 Å². The number of benzene rings is 3. The van der Waals surface area contributed by atoms with Crippen molar-refractivity contribution in [3.8, 4) is 0 Å². The van der Waals surface area contributed by atoms with Crippen LogP contribution in [0, 0.1) is 32.6 Å². The summed E-state index contributed by atoms with van der Waals surface area (Å²) in [6.07, 6.45) is 0. The van der Waals surface area contributed by atoms with Gasteiger partial charge in [0.1, 0.15) is 0 Å². The quantitative estimate of drug-likeness (QED) is 0.240. The molecule has 0 radical (unpaired) electrons. The summed E-state index contributed by atoms with van der Waals surface area (Å²) in [6.45, 7) is 25.3. The van der Waals surface area contributed by atoms with Crippen LogP contribution in [0.1, 0.15) is 88.0 Å². The van der Waals surface area contributed by atoms with E-state index in [2.05, 4.69) is 73.3 Å². The minimum absolute atomic E-state index is 0.0783. The van der Waals surface area contributed by atoms with Gasteiger partial charge in [0.05, 0.1) is 0 Å². The van der Waals surface area contributed by atoms with E-state index in [9.17, 15) is 9.36 Å². The molecule has 0 aliphatic rings. The lowest BCUT2D eigenvalue weighted by atomic mass is 9.79. The van der Waals surface area contributed by atoms with Crippen molar-refractivity contribution in [2.45, 2.75) is 93.8 Å². The van der Waals surface area contributed by atoms with Gasteiger partial charge in [-0.2, -0.15) is 0 Å². The Kier molecular flexibility index (Phi) is 9.20. The fraction of sp³-hybridized carbons (Fsp3) is 0.457. The van der Waals surface area contributed by atoms with Gasteiger partial charge >= 0.3 is 0 Å². The fourth-order valence-corrected chi connectivity index (χ4v) is 8.16. The van der Waals surface area contributed by atoms with Crippen molar-refractivity contribution < 1.29 is 9.36 Å². The van der Waals surface area contributed by atoms with E-state index >= 15 is 0 Å². The highest BCUT2D eigenvalue weighted by Gasteiger charge is 2.43. The van der Waals surface area contributed by atoms with Crippen LogP contribution in [-0.2, 0) is 11.1 Å². The lowest BCUT2D eigenvalue weighted by Gasteiger charge is -2.53. The van der Waals surface area contributed by atoms with E-state index in [0.717, 1.165) is 23.2 Å². The van der Waals surface area contributed by atoms with Crippen LogP contribution in [-0.4, -0.2) is 21.5 Å². The fourth-order valence-electron chi connectivity index (χ4n) is 5.55. The maximum Gasteiger partial charge on any atom is 0.230 e. The molecule has 0 heterocycles. The zero-order valence-corrected chi connectivity index (χ0v) is 26.8. The smallest absolute Gasteiger partial charge is 0.230 e. The molecule has 3 nitrogen and oxygen atoms in total. The van der Waals surface area contributed by atoms with Gasteiger partial charge in [0.2, 0.25) is 12.7 Å². The highest BCUT2D eigenvalue weighted by Crippen LogP contribution is 2.48. The second-order valence-corrected chi connectivity index (χ2v) is 15.4. The third-order valence-corrected chi connectivity index (χ3v) is 12.3. The van der Waals surface area contributed by atoms with E-state index < -0.39 is 7.14 Å². The van der Waals surface area contributed by atoms with Crippen molar-refractivity contribution in [2.75, 3.05) is 0 Å². The number of carbonyl (C=O) groups excluding carboxylic acids is 1. The van der Waals surface area contributed by atoms with Gasteiger partial charge in [-0.3, -0.25) is 9.69 Å². The molecule has 0 aliphatic heterocycles. The van der Waals surface area contributed by atoms with Crippen LogP contribution >= 0.6 is 7.14 Å². The first kappa shape index (κ1) is 31.1. The molecule has 0 aliphatic carbocycles. The number of hydrogen-bond donors (Lipinski definition) is 0. The summed E-state index contributed by atoms with van der Waals surface area (Å²) < 4.78 is 15.0. The van der Waals surface area contributed by atoms with E-state index in [4.69, 9.17) is 0 Å². The Morgan fingerprint density at radius 1 is 0.744 bits per heavy atom. The zero-order valence-electron chi connectivity index (χ0n) is 25.9. The van der Waals surface area contributed by atoms with Gasteiger partial charge < -0.3 is 4.57 Å². The first-order valence-corrected chi connectivity index (χ1v) is 15.9. The van der Waals surface area contributed by atoms with E-state index in [0.29, 0.717) is 28.0 Å². The molecule has 0 aromatic heterocycles. The summed E-state index contributed by atoms with van der Waals surface area (Å²) in [4.78, 5) is 17.2. The minimum atomic E-state index is -3.61. The van der Waals surface area contributed by atoms with Crippen LogP contribution in [0.15, 0.2) is 66.7 Å². The van der Waals surface area contributed by atoms with Crippen molar-refractivity contribution in [2.24, 2.45) is 11.8 Å². The highest BCUT2D eigenvalue weighted by atomic mass is 31.2. The van der Waals surface area contributed by atoms with Crippen LogP contribution in [0.25, 0.3) is 0 Å². The van der Waals surface area contributed by atoms with Crippen LogP contribution in [0.4, 0.5) is 0 Å². The Labute approximate surface area is 237 Å². The monoisotopic (exact) mass is 545 g/mol. The molecule has 0 spiro atoms. The summed E-state index contributed by atoms with van der Waals surface area (Å²) >= 11 is 0. The second kappa shape index (κ2) is 11.6. The molecule has 39 heavy (non-hydrogen) atoms. The summed E-state index contributed by atoms with van der Waals surface area (Å²) in [5.74, 6) is 0.859. The van der Waals surface area contributed by atoms with E-state index in [1.165, 1.54) is 5.56 Å². The maximum atomic E-state index is 15.0. The molecular formula is C35H48NO2P. The Bertz CT molecular complexity index is 1290. The van der Waals surface area contributed by atoms with Crippen molar-refractivity contribution in [3.63, 3.8) is 0 Å². The van der Waals surface area contributed by atoms with E-state index in [-0.39, 0.29) is 16.6 Å². The van der Waals surface area contributed by atoms with Crippen LogP contribution in [0.5, 0.6) is 0 Å². The molecule has 0 N–H and O–H groups in total. The van der Waals surface area contributed by atoms with Gasteiger partial charge in [-0.1, -0.05) is 94.4 Å². The predicted octanol–water partition coefficient (Wildman–Crippen LogP) is 8.44. The molecule has 210 valence electrons. The number of nitrogens with zero attached hydrogens (tertiary/aromatic N) is 1. The lowest BCUT2D eigenvalue weighted by molar-refractivity contribution is -0.0424. The van der Waals surface area contributed by atoms with Gasteiger partial charge in [-0.15, -0.1) is 0 Å². The molecule has 0 unspecified atom stereocenters. The molecule has 3 aromatic carbocycles. The molecular weight excluding hydrogens is 497 g/mol. The molecule has 3 rings (SSSR count). The van der Waals surface area contributed by atoms with Crippen LogP contribution < -0.4 is 10.6 Å². The SMILES string of the molecule is Cc1cc(C)c(C(=O)P(=O)(c2ccccc2)c2ccccc2)c(C)c1CN(C(C)(C)C(C)C)C(C)(C)C(C)C. The van der Waals surface area contributed by atoms with Crippen molar-refractivity contribution >= 4 is 23.3 Å². The Balaban J connectivity index is 2.26. The Morgan fingerprint density at radius 2 is 1.15 bits per heavy atom. The topological polar surface area (TPSA) is 37.4 Å².